The lowest BCUT2D eigenvalue weighted by Crippen LogP contribution is -2.20. The Bertz CT molecular complexity index is 367. The Kier molecular flexibility index (Phi) is 15.2. The first-order valence-electron chi connectivity index (χ1n) is 9.16. The normalized spacial score (nSPS) is 10.9. The zero-order valence-electron chi connectivity index (χ0n) is 17.6. The highest BCUT2D eigenvalue weighted by Crippen LogP contribution is 1.98. The van der Waals surface area contributed by atoms with Crippen LogP contribution in [-0.4, -0.2) is 49.6 Å². The fourth-order valence-electron chi connectivity index (χ4n) is 1.17. The number of Topliss-reactive ketones (excluding diaryl/α,β-unsaturated/α-hetero) is 4. The molecule has 0 aromatic heterocycles. The van der Waals surface area contributed by atoms with Crippen LogP contribution in [0.4, 0.5) is 0 Å². The Hall–Kier alpha value is -1.40. The molecule has 0 heterocycles. The van der Waals surface area contributed by atoms with Gasteiger partial charge in [-0.1, -0.05) is 55.4 Å². The minimum absolute atomic E-state index is 0.0193. The maximum atomic E-state index is 11.1. The van der Waals surface area contributed by atoms with Gasteiger partial charge in [0, 0.05) is 23.7 Å². The van der Waals surface area contributed by atoms with Crippen molar-refractivity contribution in [2.45, 2.75) is 55.4 Å². The van der Waals surface area contributed by atoms with Crippen molar-refractivity contribution in [3.05, 3.63) is 0 Å². The first kappa shape index (κ1) is 26.8. The summed E-state index contributed by atoms with van der Waals surface area (Å²) in [5, 5.41) is 0. The average Bonchev–Trinajstić information content (AvgIpc) is 2.54. The van der Waals surface area contributed by atoms with Crippen LogP contribution in [0.2, 0.25) is 0 Å². The third-order valence-electron chi connectivity index (χ3n) is 3.55. The molecule has 0 saturated heterocycles. The Labute approximate surface area is 158 Å². The number of rotatable bonds is 12. The predicted molar refractivity (Wildman–Crippen MR) is 101 cm³/mol. The van der Waals surface area contributed by atoms with E-state index in [1.165, 1.54) is 0 Å². The van der Waals surface area contributed by atoms with Crippen molar-refractivity contribution in [3.8, 4) is 0 Å². The minimum Gasteiger partial charge on any atom is -0.366 e. The molecule has 0 aliphatic carbocycles. The number of hydrogen-bond acceptors (Lipinski definition) is 6. The van der Waals surface area contributed by atoms with E-state index in [1.807, 2.05) is 55.4 Å². The number of ketones is 4. The summed E-state index contributed by atoms with van der Waals surface area (Å²) in [6, 6.07) is 0. The summed E-state index contributed by atoms with van der Waals surface area (Å²) in [4.78, 5) is 44.2. The molecule has 0 N–H and O–H groups in total. The highest BCUT2D eigenvalue weighted by atomic mass is 16.5. The van der Waals surface area contributed by atoms with E-state index in [-0.39, 0.29) is 73.2 Å². The van der Waals surface area contributed by atoms with E-state index in [1.54, 1.807) is 0 Å². The third-order valence-corrected chi connectivity index (χ3v) is 3.55. The van der Waals surface area contributed by atoms with Gasteiger partial charge in [-0.3, -0.25) is 19.2 Å². The molecule has 152 valence electrons. The van der Waals surface area contributed by atoms with Crippen molar-refractivity contribution in [1.82, 2.24) is 0 Å². The van der Waals surface area contributed by atoms with Crippen LogP contribution in [-0.2, 0) is 28.7 Å². The maximum absolute atomic E-state index is 11.1. The van der Waals surface area contributed by atoms with Gasteiger partial charge in [-0.25, -0.2) is 0 Å². The van der Waals surface area contributed by atoms with E-state index in [0.29, 0.717) is 0 Å². The molecule has 6 nitrogen and oxygen atoms in total. The SMILES string of the molecule is CC(C)C(=O)COCC(=O)C(C)C.CC(C)C(=O)COCC(=O)C(C)C. The van der Waals surface area contributed by atoms with E-state index >= 15 is 0 Å². The molecule has 0 aromatic rings. The maximum Gasteiger partial charge on any atom is 0.160 e. The molecule has 0 fully saturated rings. The van der Waals surface area contributed by atoms with Crippen LogP contribution in [0.15, 0.2) is 0 Å². The van der Waals surface area contributed by atoms with Crippen molar-refractivity contribution in [3.63, 3.8) is 0 Å². The van der Waals surface area contributed by atoms with E-state index in [0.717, 1.165) is 0 Å². The van der Waals surface area contributed by atoms with Crippen LogP contribution in [0, 0.1) is 23.7 Å². The molecule has 0 aromatic carbocycles. The van der Waals surface area contributed by atoms with Gasteiger partial charge in [0.1, 0.15) is 26.4 Å². The number of carbonyl (C=O) groups excluding carboxylic acids is 4. The van der Waals surface area contributed by atoms with Gasteiger partial charge in [0.2, 0.25) is 0 Å². The fourth-order valence-corrected chi connectivity index (χ4v) is 1.17. The highest BCUT2D eigenvalue weighted by molar-refractivity contribution is 5.84. The van der Waals surface area contributed by atoms with Crippen molar-refractivity contribution >= 4 is 23.1 Å². The van der Waals surface area contributed by atoms with Crippen molar-refractivity contribution in [1.29, 1.82) is 0 Å². The summed E-state index contributed by atoms with van der Waals surface area (Å²) >= 11 is 0. The Morgan fingerprint density at radius 3 is 0.731 bits per heavy atom. The van der Waals surface area contributed by atoms with Crippen LogP contribution in [0.5, 0.6) is 0 Å². The molecule has 0 aliphatic heterocycles. The van der Waals surface area contributed by atoms with Gasteiger partial charge in [-0.05, 0) is 0 Å². The molecule has 26 heavy (non-hydrogen) atoms. The Morgan fingerprint density at radius 2 is 0.615 bits per heavy atom. The predicted octanol–water partition coefficient (Wildman–Crippen LogP) is 2.91. The molecular weight excluding hydrogens is 336 g/mol. The second-order valence-electron chi connectivity index (χ2n) is 7.47. The van der Waals surface area contributed by atoms with Crippen molar-refractivity contribution in [2.24, 2.45) is 23.7 Å². The van der Waals surface area contributed by atoms with Gasteiger partial charge in [0.25, 0.3) is 0 Å². The third kappa shape index (κ3) is 14.9. The summed E-state index contributed by atoms with van der Waals surface area (Å²) in [6.07, 6.45) is 0. The summed E-state index contributed by atoms with van der Waals surface area (Å²) in [7, 11) is 0. The first-order chi connectivity index (χ1) is 11.9. The zero-order chi connectivity index (χ0) is 20.9. The van der Waals surface area contributed by atoms with Gasteiger partial charge in [0.05, 0.1) is 0 Å². The largest absolute Gasteiger partial charge is 0.366 e. The lowest BCUT2D eigenvalue weighted by atomic mass is 10.1. The molecule has 0 amide bonds. The zero-order valence-corrected chi connectivity index (χ0v) is 17.6. The summed E-state index contributed by atoms with van der Waals surface area (Å²) in [5.74, 6) is 0.0767. The van der Waals surface area contributed by atoms with Gasteiger partial charge < -0.3 is 9.47 Å². The van der Waals surface area contributed by atoms with E-state index in [9.17, 15) is 19.2 Å². The molecule has 0 aliphatic rings. The van der Waals surface area contributed by atoms with E-state index < -0.39 is 0 Å². The van der Waals surface area contributed by atoms with Crippen LogP contribution in [0.1, 0.15) is 55.4 Å². The molecule has 0 atom stereocenters. The Morgan fingerprint density at radius 1 is 0.462 bits per heavy atom. The lowest BCUT2D eigenvalue weighted by molar-refractivity contribution is -0.133. The van der Waals surface area contributed by atoms with E-state index in [4.69, 9.17) is 9.47 Å². The second kappa shape index (κ2) is 14.7. The topological polar surface area (TPSA) is 86.7 Å². The minimum atomic E-state index is -0.0193. The average molecular weight is 373 g/mol. The summed E-state index contributed by atoms with van der Waals surface area (Å²) < 4.78 is 9.96. The standard InChI is InChI=1S/2C10H18O3/c2*1-7(2)9(11)5-13-6-10(12)8(3)4/h2*7-8H,5-6H2,1-4H3. The van der Waals surface area contributed by atoms with Crippen LogP contribution in [0.25, 0.3) is 0 Å². The monoisotopic (exact) mass is 372 g/mol. The fraction of sp³-hybridized carbons (Fsp3) is 0.800. The number of hydrogen-bond donors (Lipinski definition) is 0. The van der Waals surface area contributed by atoms with E-state index in [2.05, 4.69) is 0 Å². The number of carbonyl (C=O) groups is 4. The molecule has 0 bridgehead atoms. The van der Waals surface area contributed by atoms with Gasteiger partial charge in [0.15, 0.2) is 23.1 Å². The summed E-state index contributed by atoms with van der Waals surface area (Å²) in [5.41, 5.74) is 0. The van der Waals surface area contributed by atoms with Crippen LogP contribution >= 0.6 is 0 Å². The quantitative estimate of drug-likeness (QED) is 0.523. The van der Waals surface area contributed by atoms with Crippen LogP contribution in [0.3, 0.4) is 0 Å². The molecule has 0 saturated carbocycles. The van der Waals surface area contributed by atoms with Gasteiger partial charge in [-0.15, -0.1) is 0 Å². The van der Waals surface area contributed by atoms with Gasteiger partial charge in [-0.2, -0.15) is 0 Å². The molecule has 0 radical (unpaired) electrons. The van der Waals surface area contributed by atoms with Crippen molar-refractivity contribution in [2.75, 3.05) is 26.4 Å². The number of ether oxygens (including phenoxy) is 2. The molecule has 0 unspecified atom stereocenters. The molecule has 6 heteroatoms. The van der Waals surface area contributed by atoms with Crippen LogP contribution < -0.4 is 0 Å². The second-order valence-corrected chi connectivity index (χ2v) is 7.47. The molecule has 0 rings (SSSR count). The van der Waals surface area contributed by atoms with Crippen molar-refractivity contribution < 1.29 is 28.7 Å². The lowest BCUT2D eigenvalue weighted by Gasteiger charge is -2.06. The smallest absolute Gasteiger partial charge is 0.160 e. The molecule has 0 spiro atoms. The first-order valence-corrected chi connectivity index (χ1v) is 9.16. The highest BCUT2D eigenvalue weighted by Gasteiger charge is 2.11. The Balaban J connectivity index is 0. The van der Waals surface area contributed by atoms with Gasteiger partial charge >= 0.3 is 0 Å². The molecular formula is C20H36O6. The summed E-state index contributed by atoms with van der Waals surface area (Å²) in [6.45, 7) is 14.7.